The third-order valence-corrected chi connectivity index (χ3v) is 9.11. The summed E-state index contributed by atoms with van der Waals surface area (Å²) < 4.78 is 48.0. The molecular formula is C41H25F3N4. The summed E-state index contributed by atoms with van der Waals surface area (Å²) in [6, 6.07) is 37.4. The van der Waals surface area contributed by atoms with E-state index in [1.165, 1.54) is 12.1 Å². The number of halogens is 3. The molecule has 6 aromatic carbocycles. The summed E-state index contributed by atoms with van der Waals surface area (Å²) >= 11 is 0. The van der Waals surface area contributed by atoms with E-state index >= 15 is 0 Å². The van der Waals surface area contributed by atoms with Gasteiger partial charge in [-0.05, 0) is 67.9 Å². The molecule has 0 amide bonds. The number of benzene rings is 6. The van der Waals surface area contributed by atoms with E-state index in [2.05, 4.69) is 38.2 Å². The second kappa shape index (κ2) is 10.6. The molecule has 0 saturated carbocycles. The molecule has 4 nitrogen and oxygen atoms in total. The van der Waals surface area contributed by atoms with Crippen molar-refractivity contribution in [2.24, 2.45) is 0 Å². The third kappa shape index (κ3) is 4.29. The predicted molar refractivity (Wildman–Crippen MR) is 186 cm³/mol. The predicted octanol–water partition coefficient (Wildman–Crippen LogP) is 11.6. The Hall–Kier alpha value is -6.31. The minimum atomic E-state index is -4.75. The zero-order chi connectivity index (χ0) is 33.3. The van der Waals surface area contributed by atoms with Gasteiger partial charge in [0.15, 0.2) is 5.69 Å². The first kappa shape index (κ1) is 29.1. The maximum absolute atomic E-state index is 14.6. The lowest BCUT2D eigenvalue weighted by atomic mass is 9.92. The molecule has 8 rings (SSSR count). The van der Waals surface area contributed by atoms with E-state index in [4.69, 9.17) is 6.57 Å². The Morgan fingerprint density at radius 1 is 0.625 bits per heavy atom. The Balaban J connectivity index is 1.61. The summed E-state index contributed by atoms with van der Waals surface area (Å²) in [5.74, 6) is 0. The average molecular weight is 631 g/mol. The highest BCUT2D eigenvalue weighted by Crippen LogP contribution is 2.46. The van der Waals surface area contributed by atoms with Gasteiger partial charge in [0.1, 0.15) is 0 Å². The molecule has 8 aromatic rings. The highest BCUT2D eigenvalue weighted by molar-refractivity contribution is 6.12. The zero-order valence-corrected chi connectivity index (χ0v) is 25.9. The van der Waals surface area contributed by atoms with E-state index in [1.807, 2.05) is 80.6 Å². The Morgan fingerprint density at radius 2 is 1.15 bits per heavy atom. The number of hydrogen-bond acceptors (Lipinski definition) is 1. The van der Waals surface area contributed by atoms with E-state index < -0.39 is 11.7 Å². The maximum Gasteiger partial charge on any atom is 0.415 e. The highest BCUT2D eigenvalue weighted by Gasteiger charge is 2.36. The Bertz CT molecular complexity index is 2710. The van der Waals surface area contributed by atoms with E-state index in [0.717, 1.165) is 60.8 Å². The summed E-state index contributed by atoms with van der Waals surface area (Å²) in [6.45, 7) is 11.9. The standard InChI is InChI=1S/C41H25F3N4/c1-24-15-17-36-30(19-24)27-9-4-6-13-34(27)47(36)38-21-26(23-45)29(40-32(41(42,43)44)11-8-12-33(40)46-3)22-39(38)48-35-14-7-5-10-28(35)31-20-25(2)16-18-37(31)48/h4-22H,1-2H3. The van der Waals surface area contributed by atoms with Crippen LogP contribution in [0.4, 0.5) is 18.9 Å². The number of nitrogens with zero attached hydrogens (tertiary/aromatic N) is 4. The highest BCUT2D eigenvalue weighted by atomic mass is 19.4. The van der Waals surface area contributed by atoms with Crippen LogP contribution in [-0.2, 0) is 6.18 Å². The molecule has 0 aliphatic carbocycles. The van der Waals surface area contributed by atoms with Crippen molar-refractivity contribution in [3.8, 4) is 28.6 Å². The number of hydrogen-bond donors (Lipinski definition) is 0. The van der Waals surface area contributed by atoms with Crippen molar-refractivity contribution in [1.82, 2.24) is 9.13 Å². The smallest absolute Gasteiger partial charge is 0.307 e. The zero-order valence-electron chi connectivity index (χ0n) is 25.9. The van der Waals surface area contributed by atoms with E-state index in [-0.39, 0.29) is 22.4 Å². The van der Waals surface area contributed by atoms with Crippen LogP contribution in [0.3, 0.4) is 0 Å². The number of nitriles is 1. The quantitative estimate of drug-likeness (QED) is 0.179. The fourth-order valence-corrected chi connectivity index (χ4v) is 7.08. The van der Waals surface area contributed by atoms with Crippen LogP contribution in [0.25, 0.3) is 71.0 Å². The summed E-state index contributed by atoms with van der Waals surface area (Å²) in [6.07, 6.45) is -4.75. The lowest BCUT2D eigenvalue weighted by molar-refractivity contribution is -0.137. The van der Waals surface area contributed by atoms with Crippen molar-refractivity contribution in [1.29, 1.82) is 5.26 Å². The van der Waals surface area contributed by atoms with Gasteiger partial charge in [0.05, 0.1) is 57.2 Å². The second-order valence-electron chi connectivity index (χ2n) is 12.1. The second-order valence-corrected chi connectivity index (χ2v) is 12.1. The molecule has 0 fully saturated rings. The number of fused-ring (bicyclic) bond motifs is 6. The molecule has 0 bridgehead atoms. The fourth-order valence-electron chi connectivity index (χ4n) is 7.08. The lowest BCUT2D eigenvalue weighted by Crippen LogP contribution is -2.09. The molecule has 2 aromatic heterocycles. The Morgan fingerprint density at radius 3 is 1.67 bits per heavy atom. The normalized spacial score (nSPS) is 11.8. The monoisotopic (exact) mass is 630 g/mol. The number of para-hydroxylation sites is 2. The van der Waals surface area contributed by atoms with Crippen molar-refractivity contribution in [2.45, 2.75) is 20.0 Å². The molecule has 0 radical (unpaired) electrons. The first-order valence-corrected chi connectivity index (χ1v) is 15.4. The van der Waals surface area contributed by atoms with Gasteiger partial charge < -0.3 is 9.13 Å². The SMILES string of the molecule is [C-]#[N+]c1cccc(C(F)(F)F)c1-c1cc(-n2c3ccccc3c3cc(C)ccc32)c(-n2c3ccccc3c3cc(C)ccc32)cc1C#N. The first-order chi connectivity index (χ1) is 23.2. The first-order valence-electron chi connectivity index (χ1n) is 15.4. The van der Waals surface area contributed by atoms with Crippen LogP contribution in [0.5, 0.6) is 0 Å². The van der Waals surface area contributed by atoms with Crippen molar-refractivity contribution in [3.05, 3.63) is 149 Å². The van der Waals surface area contributed by atoms with Crippen LogP contribution < -0.4 is 0 Å². The van der Waals surface area contributed by atoms with Crippen LogP contribution in [0.1, 0.15) is 22.3 Å². The van der Waals surface area contributed by atoms with E-state index in [1.54, 1.807) is 12.1 Å². The molecule has 0 N–H and O–H groups in total. The van der Waals surface area contributed by atoms with Gasteiger partial charge in [0.25, 0.3) is 0 Å². The summed E-state index contributed by atoms with van der Waals surface area (Å²) in [5, 5.41) is 14.6. The van der Waals surface area contributed by atoms with E-state index in [0.29, 0.717) is 11.4 Å². The fraction of sp³-hybridized carbons (Fsp3) is 0.0732. The van der Waals surface area contributed by atoms with Gasteiger partial charge >= 0.3 is 6.18 Å². The molecule has 0 saturated heterocycles. The molecule has 0 aliphatic heterocycles. The Kier molecular flexibility index (Phi) is 6.44. The van der Waals surface area contributed by atoms with Gasteiger partial charge in [0, 0.05) is 27.1 Å². The van der Waals surface area contributed by atoms with Crippen molar-refractivity contribution in [2.75, 3.05) is 0 Å². The minimum absolute atomic E-state index is 0.0324. The molecule has 0 spiro atoms. The van der Waals surface area contributed by atoms with Crippen LogP contribution in [-0.4, -0.2) is 9.13 Å². The summed E-state index contributed by atoms with van der Waals surface area (Å²) in [4.78, 5) is 3.49. The topological polar surface area (TPSA) is 38.0 Å². The molecule has 2 heterocycles. The average Bonchev–Trinajstić information content (AvgIpc) is 3.59. The van der Waals surface area contributed by atoms with Crippen LogP contribution in [0.2, 0.25) is 0 Å². The van der Waals surface area contributed by atoms with Crippen molar-refractivity contribution in [3.63, 3.8) is 0 Å². The van der Waals surface area contributed by atoms with Gasteiger partial charge in [-0.25, -0.2) is 4.85 Å². The van der Waals surface area contributed by atoms with Crippen molar-refractivity contribution >= 4 is 49.3 Å². The maximum atomic E-state index is 14.6. The van der Waals surface area contributed by atoms with Crippen LogP contribution in [0.15, 0.2) is 115 Å². The van der Waals surface area contributed by atoms with Gasteiger partial charge in [-0.2, -0.15) is 18.4 Å². The number of rotatable bonds is 3. The van der Waals surface area contributed by atoms with Crippen LogP contribution in [0, 0.1) is 31.8 Å². The molecule has 0 aliphatic rings. The molecule has 0 unspecified atom stereocenters. The molecule has 48 heavy (non-hydrogen) atoms. The minimum Gasteiger partial charge on any atom is -0.307 e. The molecule has 230 valence electrons. The Labute approximate surface area is 273 Å². The molecule has 0 atom stereocenters. The number of aromatic nitrogens is 2. The summed E-state index contributed by atoms with van der Waals surface area (Å²) in [7, 11) is 0. The summed E-state index contributed by atoms with van der Waals surface area (Å²) in [5.41, 5.74) is 5.52. The van der Waals surface area contributed by atoms with Crippen LogP contribution >= 0.6 is 0 Å². The number of alkyl halides is 3. The van der Waals surface area contributed by atoms with Crippen molar-refractivity contribution < 1.29 is 13.2 Å². The third-order valence-electron chi connectivity index (χ3n) is 9.11. The molecular weight excluding hydrogens is 605 g/mol. The van der Waals surface area contributed by atoms with Gasteiger partial charge in [-0.15, -0.1) is 0 Å². The lowest BCUT2D eigenvalue weighted by Gasteiger charge is -2.21. The van der Waals surface area contributed by atoms with Gasteiger partial charge in [-0.1, -0.05) is 77.9 Å². The van der Waals surface area contributed by atoms with Gasteiger partial charge in [-0.3, -0.25) is 0 Å². The molecule has 7 heteroatoms. The number of aryl methyl sites for hydroxylation is 2. The largest absolute Gasteiger partial charge is 0.415 e. The van der Waals surface area contributed by atoms with E-state index in [9.17, 15) is 18.4 Å². The van der Waals surface area contributed by atoms with Gasteiger partial charge in [0.2, 0.25) is 0 Å².